The Morgan fingerprint density at radius 2 is 1.23 bits per heavy atom. The fourth-order valence-corrected chi connectivity index (χ4v) is 3.72. The zero-order chi connectivity index (χ0) is 18.5. The van der Waals surface area contributed by atoms with Crippen LogP contribution in [0.5, 0.6) is 0 Å². The molecule has 4 aromatic carbocycles. The molecule has 0 saturated carbocycles. The van der Waals surface area contributed by atoms with Crippen LogP contribution in [-0.4, -0.2) is 0 Å². The van der Waals surface area contributed by atoms with Crippen molar-refractivity contribution in [1.29, 1.82) is 0 Å². The van der Waals surface area contributed by atoms with Gasteiger partial charge in [0.05, 0.1) is 0 Å². The minimum Gasteiger partial charge on any atom is -0.358 e. The quantitative estimate of drug-likeness (QED) is 0.156. The Bertz CT molecular complexity index is 1010. The predicted octanol–water partition coefficient (Wildman–Crippen LogP) is 10.3. The maximum Gasteiger partial charge on any atom is 0 e. The van der Waals surface area contributed by atoms with Crippen LogP contribution in [-0.2, 0) is 32.3 Å². The van der Waals surface area contributed by atoms with Crippen LogP contribution in [0.2, 0.25) is 0 Å². The van der Waals surface area contributed by atoms with E-state index in [-0.39, 0.29) is 77.8 Å². The molecule has 4 aromatic rings. The Labute approximate surface area is 238 Å². The molecule has 0 spiro atoms. The summed E-state index contributed by atoms with van der Waals surface area (Å²) in [7, 11) is 0. The molecule has 1 heteroatoms. The van der Waals surface area contributed by atoms with E-state index in [1.165, 1.54) is 33.0 Å². The van der Waals surface area contributed by atoms with E-state index in [0.717, 1.165) is 12.8 Å². The second-order valence-corrected chi connectivity index (χ2v) is 7.17. The molecule has 1 atom stereocenters. The number of allylic oxidation sites excluding steroid dienone is 2. The Kier molecular flexibility index (Phi) is 26.0. The SMILES string of the molecule is CC(CC1=[C-]Cc2cc3ccccc3cc21)c1ccccc1.[CH3-].[CH3-].[CH3-].[CH3-].[CH3-].[CH3-].[CH3-].[Hf].c1cc[cH-]c1. The van der Waals surface area contributed by atoms with Crippen LogP contribution in [0.25, 0.3) is 16.3 Å². The van der Waals surface area contributed by atoms with Gasteiger partial charge < -0.3 is 52.0 Å². The smallest absolute Gasteiger partial charge is 0 e. The molecule has 194 valence electrons. The molecule has 0 heterocycles. The van der Waals surface area contributed by atoms with Crippen LogP contribution in [0, 0.1) is 58.1 Å². The Hall–Kier alpha value is -2.12. The van der Waals surface area contributed by atoms with E-state index in [1.807, 2.05) is 30.3 Å². The number of rotatable bonds is 3. The van der Waals surface area contributed by atoms with Gasteiger partial charge in [-0.15, -0.1) is 18.1 Å². The minimum absolute atomic E-state index is 0. The largest absolute Gasteiger partial charge is 0.358 e. The molecule has 0 nitrogen and oxygen atoms in total. The summed E-state index contributed by atoms with van der Waals surface area (Å²) in [5, 5.41) is 2.66. The molecule has 1 aliphatic rings. The summed E-state index contributed by atoms with van der Waals surface area (Å²) >= 11 is 0. The third-order valence-corrected chi connectivity index (χ3v) is 5.22. The van der Waals surface area contributed by atoms with Crippen LogP contribution in [0.15, 0.2) is 97.1 Å². The first-order valence-corrected chi connectivity index (χ1v) is 9.64. The zero-order valence-corrected chi connectivity index (χ0v) is 26.8. The van der Waals surface area contributed by atoms with Crippen LogP contribution >= 0.6 is 0 Å². The second-order valence-electron chi connectivity index (χ2n) is 7.17. The Morgan fingerprint density at radius 1 is 0.714 bits per heavy atom. The summed E-state index contributed by atoms with van der Waals surface area (Å²) < 4.78 is 0. The summed E-state index contributed by atoms with van der Waals surface area (Å²) in [5.74, 6) is 0.529. The Morgan fingerprint density at radius 3 is 1.74 bits per heavy atom. The fraction of sp³-hybridized carbons (Fsp3) is 0.118. The van der Waals surface area contributed by atoms with Gasteiger partial charge in [0.25, 0.3) is 0 Å². The van der Waals surface area contributed by atoms with Gasteiger partial charge in [-0.25, -0.2) is 17.7 Å². The average molecular weight is 632 g/mol. The van der Waals surface area contributed by atoms with Gasteiger partial charge in [-0.05, 0) is 22.3 Å². The molecule has 1 aliphatic carbocycles. The van der Waals surface area contributed by atoms with E-state index in [2.05, 4.69) is 79.7 Å². The number of hydrogen-bond donors (Lipinski definition) is 0. The van der Waals surface area contributed by atoms with Gasteiger partial charge in [-0.2, -0.15) is 23.8 Å². The molecule has 0 saturated heterocycles. The molecular weight excluding hydrogens is 587 g/mol. The van der Waals surface area contributed by atoms with E-state index in [9.17, 15) is 0 Å². The van der Waals surface area contributed by atoms with Crippen molar-refractivity contribution in [2.45, 2.75) is 25.7 Å². The summed E-state index contributed by atoms with van der Waals surface area (Å²) in [6, 6.07) is 34.1. The molecule has 0 aliphatic heterocycles. The van der Waals surface area contributed by atoms with Crippen LogP contribution < -0.4 is 0 Å². The molecule has 1 unspecified atom stereocenters. The molecule has 0 radical (unpaired) electrons. The average Bonchev–Trinajstić information content (AvgIpc) is 3.41. The van der Waals surface area contributed by atoms with Crippen molar-refractivity contribution in [1.82, 2.24) is 0 Å². The minimum atomic E-state index is 0. The third kappa shape index (κ3) is 11.0. The molecule has 0 amide bonds. The summed E-state index contributed by atoms with van der Waals surface area (Å²) in [6.45, 7) is 2.31. The van der Waals surface area contributed by atoms with Gasteiger partial charge in [0.15, 0.2) is 0 Å². The van der Waals surface area contributed by atoms with Crippen molar-refractivity contribution in [3.63, 3.8) is 0 Å². The van der Waals surface area contributed by atoms with E-state index < -0.39 is 0 Å². The molecule has 5 rings (SSSR count). The van der Waals surface area contributed by atoms with Crippen LogP contribution in [0.1, 0.15) is 36.0 Å². The molecule has 35 heavy (non-hydrogen) atoms. The summed E-state index contributed by atoms with van der Waals surface area (Å²) in [5.41, 5.74) is 5.62. The summed E-state index contributed by atoms with van der Waals surface area (Å²) in [4.78, 5) is 0. The molecule has 0 fully saturated rings. The van der Waals surface area contributed by atoms with Crippen molar-refractivity contribution in [3.8, 4) is 0 Å². The topological polar surface area (TPSA) is 0 Å². The standard InChI is InChI=1S/C22H19.C5H5.7CH3.Hf/c1-16(17-7-3-2-4-8-17)13-20-11-12-21-14-18-9-5-6-10-19(18)15-22(20)21;1-2-4-5-3-1;;;;;;;;/h2-10,14-16H,12-13H2,1H3;1-5H;7*1H3;/q9*-1;. The van der Waals surface area contributed by atoms with Gasteiger partial charge >= 0.3 is 0 Å². The van der Waals surface area contributed by atoms with Gasteiger partial charge in [0, 0.05) is 25.8 Å². The number of fused-ring (bicyclic) bond motifs is 2. The van der Waals surface area contributed by atoms with E-state index in [0.29, 0.717) is 5.92 Å². The fourth-order valence-electron chi connectivity index (χ4n) is 3.72. The number of benzene rings is 3. The van der Waals surface area contributed by atoms with E-state index >= 15 is 0 Å². The first kappa shape index (κ1) is 43.0. The number of hydrogen-bond acceptors (Lipinski definition) is 0. The van der Waals surface area contributed by atoms with Crippen molar-refractivity contribution in [3.05, 3.63) is 172 Å². The van der Waals surface area contributed by atoms with Gasteiger partial charge in [-0.3, -0.25) is 6.08 Å². The first-order chi connectivity index (χ1) is 13.3. The Balaban J connectivity index is -0.000000209. The second kappa shape index (κ2) is 21.2. The first-order valence-electron chi connectivity index (χ1n) is 9.64. The summed E-state index contributed by atoms with van der Waals surface area (Å²) in [6.07, 6.45) is 5.63. The van der Waals surface area contributed by atoms with E-state index in [1.54, 1.807) is 0 Å². The van der Waals surface area contributed by atoms with Crippen LogP contribution in [0.4, 0.5) is 0 Å². The van der Waals surface area contributed by atoms with Crippen molar-refractivity contribution >= 4 is 16.3 Å². The van der Waals surface area contributed by atoms with Gasteiger partial charge in [-0.1, -0.05) is 74.0 Å². The maximum absolute atomic E-state index is 3.61. The monoisotopic (exact) mass is 633 g/mol. The zero-order valence-electron chi connectivity index (χ0n) is 23.2. The molecular formula is C34H45Hf-9. The van der Waals surface area contributed by atoms with E-state index in [4.69, 9.17) is 0 Å². The molecule has 0 N–H and O–H groups in total. The molecule has 0 bridgehead atoms. The normalized spacial score (nSPS) is 10.4. The van der Waals surface area contributed by atoms with Gasteiger partial charge in [0.1, 0.15) is 0 Å². The third-order valence-electron chi connectivity index (χ3n) is 5.22. The van der Waals surface area contributed by atoms with Crippen molar-refractivity contribution in [2.24, 2.45) is 0 Å². The van der Waals surface area contributed by atoms with Crippen molar-refractivity contribution in [2.75, 3.05) is 0 Å². The predicted molar refractivity (Wildman–Crippen MR) is 161 cm³/mol. The maximum atomic E-state index is 3.61. The molecule has 0 aromatic heterocycles. The van der Waals surface area contributed by atoms with Crippen LogP contribution in [0.3, 0.4) is 0 Å². The van der Waals surface area contributed by atoms with Gasteiger partial charge in [0.2, 0.25) is 0 Å². The van der Waals surface area contributed by atoms with Crippen molar-refractivity contribution < 1.29 is 25.8 Å².